The molecule has 1 amide bonds. The van der Waals surface area contributed by atoms with Crippen LogP contribution in [-0.4, -0.2) is 47.6 Å². The standard InChI is InChI=1S/C14H21BrF3NO2/c1-9-7-19(8-12(6-15)21-9)13(20)10-3-2-4-11(5-10)14(16,17)18/h9-12H,2-8H2,1H3. The lowest BCUT2D eigenvalue weighted by atomic mass is 9.80. The Morgan fingerprint density at radius 2 is 2.05 bits per heavy atom. The van der Waals surface area contributed by atoms with Gasteiger partial charge in [-0.2, -0.15) is 13.2 Å². The number of ether oxygens (including phenoxy) is 1. The Bertz CT molecular complexity index is 378. The molecule has 1 aliphatic heterocycles. The summed E-state index contributed by atoms with van der Waals surface area (Å²) in [6.45, 7) is 2.81. The first-order valence-corrected chi connectivity index (χ1v) is 8.50. The average molecular weight is 372 g/mol. The molecule has 4 atom stereocenters. The van der Waals surface area contributed by atoms with Crippen molar-refractivity contribution in [3.8, 4) is 0 Å². The van der Waals surface area contributed by atoms with E-state index in [1.54, 1.807) is 4.90 Å². The summed E-state index contributed by atoms with van der Waals surface area (Å²) in [4.78, 5) is 14.2. The number of amides is 1. The van der Waals surface area contributed by atoms with E-state index in [-0.39, 0.29) is 31.0 Å². The quantitative estimate of drug-likeness (QED) is 0.696. The molecule has 1 aliphatic carbocycles. The highest BCUT2D eigenvalue weighted by molar-refractivity contribution is 9.09. The number of morpholine rings is 1. The maximum absolute atomic E-state index is 12.8. The van der Waals surface area contributed by atoms with E-state index in [0.717, 1.165) is 0 Å². The van der Waals surface area contributed by atoms with Gasteiger partial charge in [0.1, 0.15) is 0 Å². The molecule has 0 aromatic carbocycles. The molecule has 1 saturated carbocycles. The molecule has 0 bridgehead atoms. The van der Waals surface area contributed by atoms with E-state index >= 15 is 0 Å². The van der Waals surface area contributed by atoms with E-state index in [0.29, 0.717) is 31.3 Å². The van der Waals surface area contributed by atoms with Crippen molar-refractivity contribution in [3.63, 3.8) is 0 Å². The fraction of sp³-hybridized carbons (Fsp3) is 0.929. The molecule has 0 spiro atoms. The first-order valence-electron chi connectivity index (χ1n) is 7.38. The Morgan fingerprint density at radius 1 is 1.33 bits per heavy atom. The number of carbonyl (C=O) groups is 1. The number of carbonyl (C=O) groups excluding carboxylic acids is 1. The molecule has 3 nitrogen and oxygen atoms in total. The van der Waals surface area contributed by atoms with Crippen LogP contribution >= 0.6 is 15.9 Å². The number of nitrogens with zero attached hydrogens (tertiary/aromatic N) is 1. The van der Waals surface area contributed by atoms with Crippen LogP contribution in [0, 0.1) is 11.8 Å². The molecule has 0 radical (unpaired) electrons. The Labute approximate surface area is 131 Å². The van der Waals surface area contributed by atoms with Crippen molar-refractivity contribution < 1.29 is 22.7 Å². The highest BCUT2D eigenvalue weighted by atomic mass is 79.9. The molecule has 0 N–H and O–H groups in total. The van der Waals surface area contributed by atoms with E-state index in [4.69, 9.17) is 4.74 Å². The summed E-state index contributed by atoms with van der Waals surface area (Å²) in [6, 6.07) is 0. The lowest BCUT2D eigenvalue weighted by Crippen LogP contribution is -2.52. The molecule has 122 valence electrons. The average Bonchev–Trinajstić information content (AvgIpc) is 2.45. The van der Waals surface area contributed by atoms with Gasteiger partial charge >= 0.3 is 6.18 Å². The largest absolute Gasteiger partial charge is 0.391 e. The van der Waals surface area contributed by atoms with Gasteiger partial charge in [0.05, 0.1) is 18.1 Å². The Balaban J connectivity index is 1.98. The van der Waals surface area contributed by atoms with Crippen LogP contribution in [0.25, 0.3) is 0 Å². The van der Waals surface area contributed by atoms with Gasteiger partial charge in [0.2, 0.25) is 5.91 Å². The second-order valence-corrected chi connectivity index (χ2v) is 6.72. The summed E-state index contributed by atoms with van der Waals surface area (Å²) in [6.07, 6.45) is -3.22. The predicted molar refractivity (Wildman–Crippen MR) is 76.2 cm³/mol. The van der Waals surface area contributed by atoms with Gasteiger partial charge in [0.25, 0.3) is 0 Å². The van der Waals surface area contributed by atoms with Crippen molar-refractivity contribution in [2.45, 2.75) is 51.0 Å². The van der Waals surface area contributed by atoms with Crippen LogP contribution in [0.4, 0.5) is 13.2 Å². The lowest BCUT2D eigenvalue weighted by molar-refractivity contribution is -0.188. The first-order chi connectivity index (χ1) is 9.81. The second kappa shape index (κ2) is 6.86. The summed E-state index contributed by atoms with van der Waals surface area (Å²) in [5, 5.41) is 0.622. The fourth-order valence-electron chi connectivity index (χ4n) is 3.28. The van der Waals surface area contributed by atoms with Crippen molar-refractivity contribution in [3.05, 3.63) is 0 Å². The van der Waals surface area contributed by atoms with Crippen molar-refractivity contribution in [1.82, 2.24) is 4.90 Å². The number of rotatable bonds is 2. The molecule has 0 aromatic heterocycles. The van der Waals surface area contributed by atoms with Gasteiger partial charge < -0.3 is 9.64 Å². The summed E-state index contributed by atoms with van der Waals surface area (Å²) in [5.41, 5.74) is 0. The monoisotopic (exact) mass is 371 g/mol. The van der Waals surface area contributed by atoms with Gasteiger partial charge in [0, 0.05) is 24.3 Å². The number of hydrogen-bond donors (Lipinski definition) is 0. The fourth-order valence-corrected chi connectivity index (χ4v) is 3.64. The highest BCUT2D eigenvalue weighted by Gasteiger charge is 2.44. The van der Waals surface area contributed by atoms with Gasteiger partial charge in [-0.3, -0.25) is 4.79 Å². The molecule has 2 rings (SSSR count). The van der Waals surface area contributed by atoms with E-state index in [2.05, 4.69) is 15.9 Å². The van der Waals surface area contributed by atoms with Crippen molar-refractivity contribution in [2.24, 2.45) is 11.8 Å². The van der Waals surface area contributed by atoms with Crippen LogP contribution < -0.4 is 0 Å². The van der Waals surface area contributed by atoms with Gasteiger partial charge in [0.15, 0.2) is 0 Å². The minimum atomic E-state index is -4.18. The SMILES string of the molecule is CC1CN(C(=O)C2CCCC(C(F)(F)F)C2)CC(CBr)O1. The normalized spacial score (nSPS) is 34.8. The third-order valence-corrected chi connectivity index (χ3v) is 5.02. The maximum Gasteiger partial charge on any atom is 0.391 e. The third-order valence-electron chi connectivity index (χ3n) is 4.30. The van der Waals surface area contributed by atoms with Crippen molar-refractivity contribution >= 4 is 21.8 Å². The van der Waals surface area contributed by atoms with E-state index in [1.165, 1.54) is 0 Å². The van der Waals surface area contributed by atoms with Crippen LogP contribution in [0.5, 0.6) is 0 Å². The predicted octanol–water partition coefficient (Wildman–Crippen LogP) is 3.37. The maximum atomic E-state index is 12.8. The molecular formula is C14H21BrF3NO2. The second-order valence-electron chi connectivity index (χ2n) is 6.07. The van der Waals surface area contributed by atoms with Crippen molar-refractivity contribution in [2.75, 3.05) is 18.4 Å². The molecule has 1 heterocycles. The van der Waals surface area contributed by atoms with Crippen LogP contribution in [0.3, 0.4) is 0 Å². The molecule has 0 aromatic rings. The van der Waals surface area contributed by atoms with E-state index in [9.17, 15) is 18.0 Å². The lowest BCUT2D eigenvalue weighted by Gasteiger charge is -2.39. The topological polar surface area (TPSA) is 29.5 Å². The highest BCUT2D eigenvalue weighted by Crippen LogP contribution is 2.40. The molecule has 7 heteroatoms. The molecule has 2 aliphatic rings. The minimum Gasteiger partial charge on any atom is -0.371 e. The van der Waals surface area contributed by atoms with E-state index in [1.807, 2.05) is 6.92 Å². The number of halogens is 4. The first kappa shape index (κ1) is 17.1. The summed E-state index contributed by atoms with van der Waals surface area (Å²) >= 11 is 3.33. The van der Waals surface area contributed by atoms with Gasteiger partial charge in [-0.15, -0.1) is 0 Å². The van der Waals surface area contributed by atoms with Crippen LogP contribution in [-0.2, 0) is 9.53 Å². The van der Waals surface area contributed by atoms with Crippen LogP contribution in [0.1, 0.15) is 32.6 Å². The minimum absolute atomic E-state index is 0.0624. The third kappa shape index (κ3) is 4.34. The zero-order chi connectivity index (χ0) is 15.6. The van der Waals surface area contributed by atoms with Gasteiger partial charge in [-0.25, -0.2) is 0 Å². The zero-order valence-electron chi connectivity index (χ0n) is 12.0. The number of hydrogen-bond acceptors (Lipinski definition) is 2. The van der Waals surface area contributed by atoms with Crippen molar-refractivity contribution in [1.29, 1.82) is 0 Å². The zero-order valence-corrected chi connectivity index (χ0v) is 13.6. The molecular weight excluding hydrogens is 351 g/mol. The number of alkyl halides is 4. The van der Waals surface area contributed by atoms with E-state index < -0.39 is 18.0 Å². The van der Waals surface area contributed by atoms with Gasteiger partial charge in [-0.05, 0) is 26.2 Å². The van der Waals surface area contributed by atoms with Crippen LogP contribution in [0.2, 0.25) is 0 Å². The summed E-state index contributed by atoms with van der Waals surface area (Å²) in [7, 11) is 0. The molecule has 4 unspecified atom stereocenters. The molecule has 2 fully saturated rings. The Morgan fingerprint density at radius 3 is 2.67 bits per heavy atom. The Kier molecular flexibility index (Phi) is 5.57. The van der Waals surface area contributed by atoms with Crippen LogP contribution in [0.15, 0.2) is 0 Å². The summed E-state index contributed by atoms with van der Waals surface area (Å²) in [5.74, 6) is -1.96. The molecule has 1 saturated heterocycles. The summed E-state index contributed by atoms with van der Waals surface area (Å²) < 4.78 is 44.2. The smallest absolute Gasteiger partial charge is 0.371 e. The van der Waals surface area contributed by atoms with Gasteiger partial charge in [-0.1, -0.05) is 22.4 Å². The molecule has 21 heavy (non-hydrogen) atoms. The Hall–Kier alpha value is -0.300.